The van der Waals surface area contributed by atoms with Gasteiger partial charge in [-0.2, -0.15) is 0 Å². The largest absolute Gasteiger partial charge is 0.483 e. The number of rotatable bonds is 3. The number of ether oxygens (including phenoxy) is 1. The average molecular weight is 330 g/mol. The van der Waals surface area contributed by atoms with Crippen LogP contribution < -0.4 is 20.9 Å². The summed E-state index contributed by atoms with van der Waals surface area (Å²) in [6.07, 6.45) is 0. The molecule has 0 bridgehead atoms. The van der Waals surface area contributed by atoms with Crippen molar-refractivity contribution in [2.75, 3.05) is 6.61 Å². The molecule has 1 aromatic rings. The van der Waals surface area contributed by atoms with Crippen molar-refractivity contribution in [3.05, 3.63) is 28.8 Å². The van der Waals surface area contributed by atoms with Crippen LogP contribution in [0.4, 0.5) is 0 Å². The van der Waals surface area contributed by atoms with E-state index in [-0.39, 0.29) is 18.1 Å². The second-order valence-electron chi connectivity index (χ2n) is 5.58. The number of hydrazine groups is 1. The van der Waals surface area contributed by atoms with E-state index in [2.05, 4.69) is 16.2 Å². The first-order chi connectivity index (χ1) is 9.67. The number of halogens is 1. The fourth-order valence-corrected chi connectivity index (χ4v) is 2.04. The van der Waals surface area contributed by atoms with Gasteiger partial charge in [-0.05, 0) is 63.7 Å². The first-order valence-corrected chi connectivity index (χ1v) is 7.22. The first-order valence-electron chi connectivity index (χ1n) is 6.43. The van der Waals surface area contributed by atoms with Gasteiger partial charge in [-0.25, -0.2) is 0 Å². The molecule has 0 aromatic heterocycles. The van der Waals surface area contributed by atoms with E-state index in [1.54, 1.807) is 18.2 Å². The van der Waals surface area contributed by atoms with Gasteiger partial charge in [0, 0.05) is 10.6 Å². The fourth-order valence-electron chi connectivity index (χ4n) is 1.45. The summed E-state index contributed by atoms with van der Waals surface area (Å²) in [4.78, 5) is 11.7. The minimum atomic E-state index is -0.331. The van der Waals surface area contributed by atoms with Crippen LogP contribution in [0.2, 0.25) is 5.02 Å². The second kappa shape index (κ2) is 7.47. The third-order valence-electron chi connectivity index (χ3n) is 2.30. The van der Waals surface area contributed by atoms with Crippen molar-refractivity contribution in [1.29, 1.82) is 0 Å². The highest BCUT2D eigenvalue weighted by Crippen LogP contribution is 2.21. The number of carbonyl (C=O) groups is 1. The monoisotopic (exact) mass is 329 g/mol. The maximum absolute atomic E-state index is 11.7. The normalized spacial score (nSPS) is 10.7. The highest BCUT2D eigenvalue weighted by atomic mass is 35.5. The van der Waals surface area contributed by atoms with Crippen LogP contribution in [0.3, 0.4) is 0 Å². The molecule has 0 heterocycles. The lowest BCUT2D eigenvalue weighted by atomic mass is 10.1. The summed E-state index contributed by atoms with van der Waals surface area (Å²) in [7, 11) is 0. The van der Waals surface area contributed by atoms with Crippen LogP contribution in [-0.4, -0.2) is 23.2 Å². The Bertz CT molecular complexity index is 529. The zero-order valence-electron chi connectivity index (χ0n) is 12.5. The lowest BCUT2D eigenvalue weighted by Crippen LogP contribution is -2.53. The van der Waals surface area contributed by atoms with E-state index in [1.165, 1.54) is 0 Å². The molecule has 1 amide bonds. The molecule has 21 heavy (non-hydrogen) atoms. The lowest BCUT2D eigenvalue weighted by molar-refractivity contribution is -0.123. The Labute approximate surface area is 135 Å². The van der Waals surface area contributed by atoms with E-state index in [4.69, 9.17) is 28.6 Å². The van der Waals surface area contributed by atoms with Crippen LogP contribution in [0.1, 0.15) is 26.3 Å². The zero-order chi connectivity index (χ0) is 16.0. The average Bonchev–Trinajstić information content (AvgIpc) is 2.33. The molecular weight excluding hydrogens is 310 g/mol. The topological polar surface area (TPSA) is 62.4 Å². The summed E-state index contributed by atoms with van der Waals surface area (Å²) in [5, 5.41) is 3.99. The summed E-state index contributed by atoms with van der Waals surface area (Å²) in [5.41, 5.74) is 5.77. The van der Waals surface area contributed by atoms with Gasteiger partial charge in [0.15, 0.2) is 11.7 Å². The molecule has 0 spiro atoms. The van der Waals surface area contributed by atoms with Crippen molar-refractivity contribution in [1.82, 2.24) is 16.2 Å². The predicted molar refractivity (Wildman–Crippen MR) is 88.4 cm³/mol. The van der Waals surface area contributed by atoms with Gasteiger partial charge in [0.1, 0.15) is 5.75 Å². The maximum Gasteiger partial charge on any atom is 0.276 e. The van der Waals surface area contributed by atoms with E-state index in [0.29, 0.717) is 15.9 Å². The zero-order valence-corrected chi connectivity index (χ0v) is 14.1. The minimum Gasteiger partial charge on any atom is -0.483 e. The number of nitrogens with one attached hydrogen (secondary N) is 3. The third-order valence-corrected chi connectivity index (χ3v) is 2.74. The maximum atomic E-state index is 11.7. The van der Waals surface area contributed by atoms with Crippen molar-refractivity contribution in [3.8, 4) is 5.75 Å². The molecular formula is C14H20ClN3O2S. The Morgan fingerprint density at radius 3 is 2.57 bits per heavy atom. The molecule has 3 N–H and O–H groups in total. The summed E-state index contributed by atoms with van der Waals surface area (Å²) >= 11 is 10.9. The molecule has 0 aliphatic carbocycles. The Hall–Kier alpha value is -1.53. The molecule has 5 nitrogen and oxygen atoms in total. The Morgan fingerprint density at radius 1 is 1.33 bits per heavy atom. The highest BCUT2D eigenvalue weighted by Gasteiger charge is 2.11. The van der Waals surface area contributed by atoms with E-state index >= 15 is 0 Å². The predicted octanol–water partition coefficient (Wildman–Crippen LogP) is 2.32. The standard InChI is InChI=1S/C14H20ClN3O2S/c1-9-7-10(15)5-6-11(9)20-8-12(19)17-18-13(21)16-14(2,3)4/h5-7H,8H2,1-4H3,(H,17,19)(H2,16,18,21). The van der Waals surface area contributed by atoms with E-state index in [0.717, 1.165) is 5.56 Å². The summed E-state index contributed by atoms with van der Waals surface area (Å²) in [6, 6.07) is 5.21. The quantitative estimate of drug-likeness (QED) is 0.587. The molecule has 0 aliphatic heterocycles. The van der Waals surface area contributed by atoms with Gasteiger partial charge in [0.05, 0.1) is 0 Å². The summed E-state index contributed by atoms with van der Waals surface area (Å²) < 4.78 is 5.41. The van der Waals surface area contributed by atoms with Crippen molar-refractivity contribution in [3.63, 3.8) is 0 Å². The van der Waals surface area contributed by atoms with Crippen LogP contribution in [0.25, 0.3) is 0 Å². The number of carbonyl (C=O) groups excluding carboxylic acids is 1. The first kappa shape index (κ1) is 17.5. The molecule has 0 radical (unpaired) electrons. The number of amides is 1. The van der Waals surface area contributed by atoms with Gasteiger partial charge in [0.25, 0.3) is 5.91 Å². The van der Waals surface area contributed by atoms with Crippen LogP contribution in [0.5, 0.6) is 5.75 Å². The molecule has 1 rings (SSSR count). The number of aryl methyl sites for hydroxylation is 1. The van der Waals surface area contributed by atoms with Crippen molar-refractivity contribution in [2.24, 2.45) is 0 Å². The van der Waals surface area contributed by atoms with Crippen LogP contribution >= 0.6 is 23.8 Å². The molecule has 1 aromatic carbocycles. The molecule has 0 fully saturated rings. The van der Waals surface area contributed by atoms with E-state index in [9.17, 15) is 4.79 Å². The number of hydrogen-bond acceptors (Lipinski definition) is 3. The molecule has 0 unspecified atom stereocenters. The Kier molecular flexibility index (Phi) is 6.23. The van der Waals surface area contributed by atoms with Crippen LogP contribution in [0, 0.1) is 6.92 Å². The minimum absolute atomic E-state index is 0.117. The highest BCUT2D eigenvalue weighted by molar-refractivity contribution is 7.80. The fraction of sp³-hybridized carbons (Fsp3) is 0.429. The van der Waals surface area contributed by atoms with Gasteiger partial charge in [-0.1, -0.05) is 11.6 Å². The van der Waals surface area contributed by atoms with Gasteiger partial charge in [-0.15, -0.1) is 0 Å². The van der Waals surface area contributed by atoms with Gasteiger partial charge >= 0.3 is 0 Å². The van der Waals surface area contributed by atoms with Gasteiger partial charge in [0.2, 0.25) is 0 Å². The van der Waals surface area contributed by atoms with E-state index in [1.807, 2.05) is 27.7 Å². The third kappa shape index (κ3) is 7.15. The second-order valence-corrected chi connectivity index (χ2v) is 6.42. The molecule has 116 valence electrons. The van der Waals surface area contributed by atoms with Gasteiger partial charge in [-0.3, -0.25) is 15.6 Å². The van der Waals surface area contributed by atoms with Crippen LogP contribution in [-0.2, 0) is 4.79 Å². The molecule has 7 heteroatoms. The van der Waals surface area contributed by atoms with Crippen molar-refractivity contribution >= 4 is 34.8 Å². The number of thiocarbonyl (C=S) groups is 1. The smallest absolute Gasteiger partial charge is 0.276 e. The Morgan fingerprint density at radius 2 is 2.00 bits per heavy atom. The summed E-state index contributed by atoms with van der Waals surface area (Å²) in [5.74, 6) is 0.285. The summed E-state index contributed by atoms with van der Waals surface area (Å²) in [6.45, 7) is 7.65. The van der Waals surface area contributed by atoms with Crippen molar-refractivity contribution in [2.45, 2.75) is 33.2 Å². The number of hydrogen-bond donors (Lipinski definition) is 3. The van der Waals surface area contributed by atoms with Gasteiger partial charge < -0.3 is 10.1 Å². The SMILES string of the molecule is Cc1cc(Cl)ccc1OCC(=O)NNC(=S)NC(C)(C)C. The molecule has 0 saturated carbocycles. The Balaban J connectivity index is 2.36. The van der Waals surface area contributed by atoms with E-state index < -0.39 is 0 Å². The lowest BCUT2D eigenvalue weighted by Gasteiger charge is -2.23. The molecule has 0 saturated heterocycles. The molecule has 0 atom stereocenters. The van der Waals surface area contributed by atoms with Crippen LogP contribution in [0.15, 0.2) is 18.2 Å². The van der Waals surface area contributed by atoms with Crippen molar-refractivity contribution < 1.29 is 9.53 Å². The number of benzene rings is 1. The molecule has 0 aliphatic rings.